The number of aromatic nitrogens is 2. The largest absolute Gasteiger partial charge is 0.416 e. The normalized spacial score (nSPS) is 11.9. The molecule has 1 amide bonds. The SMILES string of the molecule is Cc1cccc(C(=O)Nc2nnc(S(=O)(=O)Nc3cccc(C(F)(F)F)c3)s2)c1. The van der Waals surface area contributed by atoms with Crippen molar-refractivity contribution in [3.05, 3.63) is 65.2 Å². The van der Waals surface area contributed by atoms with Gasteiger partial charge in [0.1, 0.15) is 0 Å². The number of nitrogens with zero attached hydrogens (tertiary/aromatic N) is 2. The van der Waals surface area contributed by atoms with Gasteiger partial charge in [0, 0.05) is 11.3 Å². The van der Waals surface area contributed by atoms with Gasteiger partial charge in [0.2, 0.25) is 5.13 Å². The van der Waals surface area contributed by atoms with Crippen LogP contribution in [0.5, 0.6) is 0 Å². The standard InChI is InChI=1S/C17H13F3N4O3S2/c1-10-4-2-5-11(8-10)14(25)21-15-22-23-16(28-15)29(26,27)24-13-7-3-6-12(9-13)17(18,19)20/h2-9,24H,1H3,(H,21,22,25). The van der Waals surface area contributed by atoms with E-state index in [0.29, 0.717) is 23.0 Å². The molecule has 0 aliphatic carbocycles. The third-order valence-electron chi connectivity index (χ3n) is 3.58. The molecule has 152 valence electrons. The second kappa shape index (κ2) is 7.79. The van der Waals surface area contributed by atoms with Gasteiger partial charge in [-0.05, 0) is 37.3 Å². The molecular formula is C17H13F3N4O3S2. The predicted octanol–water partition coefficient (Wildman–Crippen LogP) is 3.92. The van der Waals surface area contributed by atoms with Crippen LogP contribution in [-0.2, 0) is 16.2 Å². The van der Waals surface area contributed by atoms with Crippen molar-refractivity contribution < 1.29 is 26.4 Å². The molecule has 12 heteroatoms. The molecule has 0 spiro atoms. The predicted molar refractivity (Wildman–Crippen MR) is 101 cm³/mol. The molecule has 0 fully saturated rings. The van der Waals surface area contributed by atoms with Gasteiger partial charge in [-0.15, -0.1) is 10.2 Å². The van der Waals surface area contributed by atoms with E-state index in [1.54, 1.807) is 18.2 Å². The van der Waals surface area contributed by atoms with Gasteiger partial charge in [-0.2, -0.15) is 21.6 Å². The Morgan fingerprint density at radius 2 is 1.79 bits per heavy atom. The number of carbonyl (C=O) groups is 1. The van der Waals surface area contributed by atoms with Crippen LogP contribution < -0.4 is 10.0 Å². The molecule has 29 heavy (non-hydrogen) atoms. The number of amides is 1. The number of aryl methyl sites for hydroxylation is 1. The van der Waals surface area contributed by atoms with Crippen molar-refractivity contribution in [2.24, 2.45) is 0 Å². The first kappa shape index (κ1) is 20.7. The van der Waals surface area contributed by atoms with E-state index in [-0.39, 0.29) is 10.8 Å². The minimum absolute atomic E-state index is 0.0686. The van der Waals surface area contributed by atoms with Crippen LogP contribution >= 0.6 is 11.3 Å². The highest BCUT2D eigenvalue weighted by molar-refractivity contribution is 7.94. The third kappa shape index (κ3) is 5.09. The summed E-state index contributed by atoms with van der Waals surface area (Å²) in [6.45, 7) is 1.81. The molecule has 0 aliphatic rings. The Hall–Kier alpha value is -2.99. The fourth-order valence-corrected chi connectivity index (χ4v) is 4.23. The molecule has 2 N–H and O–H groups in total. The summed E-state index contributed by atoms with van der Waals surface area (Å²) in [5.74, 6) is -0.500. The zero-order valence-electron chi connectivity index (χ0n) is 14.7. The lowest BCUT2D eigenvalue weighted by Crippen LogP contribution is -2.14. The van der Waals surface area contributed by atoms with Crippen LogP contribution in [0.4, 0.5) is 24.0 Å². The molecule has 0 unspecified atom stereocenters. The lowest BCUT2D eigenvalue weighted by atomic mass is 10.1. The maximum atomic E-state index is 12.8. The number of hydrogen-bond donors (Lipinski definition) is 2. The second-order valence-corrected chi connectivity index (χ2v) is 8.71. The third-order valence-corrected chi connectivity index (χ3v) is 6.17. The van der Waals surface area contributed by atoms with Crippen molar-refractivity contribution >= 4 is 38.1 Å². The van der Waals surface area contributed by atoms with E-state index in [4.69, 9.17) is 0 Å². The Kier molecular flexibility index (Phi) is 5.57. The highest BCUT2D eigenvalue weighted by atomic mass is 32.2. The van der Waals surface area contributed by atoms with E-state index in [0.717, 1.165) is 17.7 Å². The van der Waals surface area contributed by atoms with Crippen LogP contribution in [0.25, 0.3) is 0 Å². The van der Waals surface area contributed by atoms with E-state index in [9.17, 15) is 26.4 Å². The molecule has 0 saturated heterocycles. The van der Waals surface area contributed by atoms with Gasteiger partial charge in [-0.1, -0.05) is 35.1 Å². The van der Waals surface area contributed by atoms with Crippen LogP contribution in [0.3, 0.4) is 0 Å². The smallest absolute Gasteiger partial charge is 0.296 e. The Morgan fingerprint density at radius 3 is 2.48 bits per heavy atom. The summed E-state index contributed by atoms with van der Waals surface area (Å²) in [5, 5.41) is 9.47. The quantitative estimate of drug-likeness (QED) is 0.584. The van der Waals surface area contributed by atoms with Gasteiger partial charge in [-0.25, -0.2) is 0 Å². The highest BCUT2D eigenvalue weighted by Gasteiger charge is 2.31. The topological polar surface area (TPSA) is 101 Å². The Labute approximate surface area is 167 Å². The minimum atomic E-state index is -4.61. The summed E-state index contributed by atoms with van der Waals surface area (Å²) in [6.07, 6.45) is -4.61. The van der Waals surface area contributed by atoms with E-state index >= 15 is 0 Å². The first-order valence-electron chi connectivity index (χ1n) is 7.96. The summed E-state index contributed by atoms with van der Waals surface area (Å²) in [6, 6.07) is 10.5. The van der Waals surface area contributed by atoms with Crippen LogP contribution in [0, 0.1) is 6.92 Å². The number of hydrogen-bond acceptors (Lipinski definition) is 6. The first-order valence-corrected chi connectivity index (χ1v) is 10.3. The Balaban J connectivity index is 1.76. The van der Waals surface area contributed by atoms with Crippen LogP contribution in [0.2, 0.25) is 0 Å². The Morgan fingerprint density at radius 1 is 1.07 bits per heavy atom. The second-order valence-electron chi connectivity index (χ2n) is 5.88. The molecule has 0 saturated carbocycles. The van der Waals surface area contributed by atoms with E-state index < -0.39 is 32.0 Å². The van der Waals surface area contributed by atoms with Crippen molar-refractivity contribution in [1.29, 1.82) is 0 Å². The van der Waals surface area contributed by atoms with Gasteiger partial charge in [0.15, 0.2) is 0 Å². The maximum Gasteiger partial charge on any atom is 0.416 e. The molecule has 3 aromatic rings. The van der Waals surface area contributed by atoms with Gasteiger partial charge in [0.25, 0.3) is 20.3 Å². The van der Waals surface area contributed by atoms with E-state index in [2.05, 4.69) is 15.5 Å². The lowest BCUT2D eigenvalue weighted by Gasteiger charge is -2.09. The number of alkyl halides is 3. The maximum absolute atomic E-state index is 12.8. The summed E-state index contributed by atoms with van der Waals surface area (Å²) in [5.41, 5.74) is -0.0587. The van der Waals surface area contributed by atoms with Gasteiger partial charge >= 0.3 is 6.18 Å². The van der Waals surface area contributed by atoms with Crippen molar-refractivity contribution in [2.75, 3.05) is 10.0 Å². The monoisotopic (exact) mass is 442 g/mol. The fourth-order valence-electron chi connectivity index (χ4n) is 2.28. The Bertz CT molecular complexity index is 1160. The summed E-state index contributed by atoms with van der Waals surface area (Å²) >= 11 is 0.569. The molecule has 0 atom stereocenters. The average molecular weight is 442 g/mol. The molecule has 3 rings (SSSR count). The summed E-state index contributed by atoms with van der Waals surface area (Å²) in [4.78, 5) is 12.2. The molecule has 0 aliphatic heterocycles. The molecule has 1 aromatic heterocycles. The van der Waals surface area contributed by atoms with Crippen molar-refractivity contribution in [3.8, 4) is 0 Å². The zero-order valence-corrected chi connectivity index (χ0v) is 16.3. The number of sulfonamides is 1. The molecule has 0 radical (unpaired) electrons. The molecule has 0 bridgehead atoms. The van der Waals surface area contributed by atoms with E-state index in [1.807, 2.05) is 17.7 Å². The fraction of sp³-hybridized carbons (Fsp3) is 0.118. The molecule has 2 aromatic carbocycles. The molecular weight excluding hydrogens is 429 g/mol. The summed E-state index contributed by atoms with van der Waals surface area (Å²) < 4.78 is 64.6. The van der Waals surface area contributed by atoms with Crippen LogP contribution in [0.1, 0.15) is 21.5 Å². The number of halogens is 3. The van der Waals surface area contributed by atoms with Crippen LogP contribution in [-0.4, -0.2) is 24.5 Å². The van der Waals surface area contributed by atoms with Crippen molar-refractivity contribution in [3.63, 3.8) is 0 Å². The van der Waals surface area contributed by atoms with Crippen molar-refractivity contribution in [2.45, 2.75) is 17.4 Å². The van der Waals surface area contributed by atoms with Gasteiger partial charge in [0.05, 0.1) is 5.56 Å². The summed E-state index contributed by atoms with van der Waals surface area (Å²) in [7, 11) is -4.29. The van der Waals surface area contributed by atoms with Gasteiger partial charge < -0.3 is 0 Å². The lowest BCUT2D eigenvalue weighted by molar-refractivity contribution is -0.137. The van der Waals surface area contributed by atoms with Gasteiger partial charge in [-0.3, -0.25) is 14.8 Å². The van der Waals surface area contributed by atoms with Crippen LogP contribution in [0.15, 0.2) is 52.9 Å². The van der Waals surface area contributed by atoms with E-state index in [1.165, 1.54) is 6.07 Å². The number of anilines is 2. The molecule has 1 heterocycles. The minimum Gasteiger partial charge on any atom is -0.296 e. The average Bonchev–Trinajstić information content (AvgIpc) is 3.10. The number of nitrogens with one attached hydrogen (secondary N) is 2. The number of benzene rings is 2. The number of carbonyl (C=O) groups excluding carboxylic acids is 1. The zero-order chi connectivity index (χ0) is 21.2. The van der Waals surface area contributed by atoms with Crippen molar-refractivity contribution in [1.82, 2.24) is 10.2 Å². The highest BCUT2D eigenvalue weighted by Crippen LogP contribution is 2.31. The molecule has 7 nitrogen and oxygen atoms in total. The first-order chi connectivity index (χ1) is 13.5. The number of rotatable bonds is 5.